The van der Waals surface area contributed by atoms with E-state index in [0.29, 0.717) is 25.8 Å². The van der Waals surface area contributed by atoms with E-state index < -0.39 is 6.10 Å². The molecule has 0 bridgehead atoms. The molecular weight excluding hydrogens is 274 g/mol. The zero-order valence-electron chi connectivity index (χ0n) is 12.1. The molecule has 20 heavy (non-hydrogen) atoms. The maximum absolute atomic E-state index is 9.91. The normalized spacial score (nSPS) is 24.7. The number of nitrogens with one attached hydrogen (secondary N) is 1. The van der Waals surface area contributed by atoms with Gasteiger partial charge in [-0.05, 0) is 37.7 Å². The minimum absolute atomic E-state index is 0.340. The van der Waals surface area contributed by atoms with Gasteiger partial charge in [0.25, 0.3) is 0 Å². The van der Waals surface area contributed by atoms with E-state index in [9.17, 15) is 5.11 Å². The van der Waals surface area contributed by atoms with Crippen molar-refractivity contribution < 1.29 is 14.3 Å². The van der Waals surface area contributed by atoms with Gasteiger partial charge in [0.05, 0.1) is 19.0 Å². The van der Waals surface area contributed by atoms with Gasteiger partial charge in [0.2, 0.25) is 0 Å². The smallest absolute Gasteiger partial charge is 0.129 e. The maximum Gasteiger partial charge on any atom is 0.129 e. The fourth-order valence-electron chi connectivity index (χ4n) is 2.60. The largest absolute Gasteiger partial charge is 0.467 e. The number of ether oxygens (including phenoxy) is 1. The molecule has 0 amide bonds. The Balaban J connectivity index is 1.56. The van der Waals surface area contributed by atoms with Crippen LogP contribution in [0.15, 0.2) is 22.8 Å². The Morgan fingerprint density at radius 1 is 1.55 bits per heavy atom. The average Bonchev–Trinajstić information content (AvgIpc) is 2.98. The van der Waals surface area contributed by atoms with Crippen molar-refractivity contribution in [2.75, 3.05) is 19.4 Å². The van der Waals surface area contributed by atoms with E-state index in [1.54, 1.807) is 6.26 Å². The lowest BCUT2D eigenvalue weighted by atomic mass is 9.95. The summed E-state index contributed by atoms with van der Waals surface area (Å²) < 4.78 is 10.6. The van der Waals surface area contributed by atoms with Gasteiger partial charge in [-0.3, -0.25) is 0 Å². The van der Waals surface area contributed by atoms with Crippen molar-refractivity contribution in [3.63, 3.8) is 0 Å². The van der Waals surface area contributed by atoms with Gasteiger partial charge in [-0.15, -0.1) is 0 Å². The standard InChI is InChI=1S/C15H25NO3S/c1-20-15-6-2-4-12(8-15)16-9-13(17)10-18-11-14-5-3-7-19-14/h3,5,7,12-13,15-17H,2,4,6,8-11H2,1H3. The Bertz CT molecular complexity index is 358. The van der Waals surface area contributed by atoms with Crippen molar-refractivity contribution >= 4 is 11.8 Å². The van der Waals surface area contributed by atoms with Crippen molar-refractivity contribution in [1.82, 2.24) is 5.32 Å². The van der Waals surface area contributed by atoms with Crippen LogP contribution < -0.4 is 5.32 Å². The first-order valence-electron chi connectivity index (χ1n) is 7.32. The minimum Gasteiger partial charge on any atom is -0.467 e. The third-order valence-corrected chi connectivity index (χ3v) is 4.83. The number of rotatable bonds is 8. The summed E-state index contributed by atoms with van der Waals surface area (Å²) in [6, 6.07) is 4.25. The van der Waals surface area contributed by atoms with Gasteiger partial charge in [0, 0.05) is 17.8 Å². The van der Waals surface area contributed by atoms with Crippen LogP contribution in [-0.2, 0) is 11.3 Å². The Morgan fingerprint density at radius 2 is 2.45 bits per heavy atom. The van der Waals surface area contributed by atoms with Gasteiger partial charge in [0.1, 0.15) is 12.4 Å². The maximum atomic E-state index is 9.91. The molecule has 0 saturated heterocycles. The number of aliphatic hydroxyl groups excluding tert-OH is 1. The summed E-state index contributed by atoms with van der Waals surface area (Å²) in [5.74, 6) is 0.792. The lowest BCUT2D eigenvalue weighted by Gasteiger charge is -2.29. The first kappa shape index (κ1) is 15.9. The molecule has 3 unspecified atom stereocenters. The van der Waals surface area contributed by atoms with E-state index in [-0.39, 0.29) is 0 Å². The highest BCUT2D eigenvalue weighted by Crippen LogP contribution is 2.26. The van der Waals surface area contributed by atoms with Crippen molar-refractivity contribution in [2.24, 2.45) is 0 Å². The van der Waals surface area contributed by atoms with Crippen molar-refractivity contribution in [1.29, 1.82) is 0 Å². The molecule has 5 heteroatoms. The average molecular weight is 299 g/mol. The van der Waals surface area contributed by atoms with Crippen LogP contribution in [0.4, 0.5) is 0 Å². The molecule has 1 aliphatic carbocycles. The fraction of sp³-hybridized carbons (Fsp3) is 0.733. The molecule has 3 atom stereocenters. The van der Waals surface area contributed by atoms with Crippen LogP contribution in [0.25, 0.3) is 0 Å². The Labute approximate surface area is 125 Å². The predicted molar refractivity (Wildman–Crippen MR) is 81.9 cm³/mol. The van der Waals surface area contributed by atoms with Crippen LogP contribution in [0, 0.1) is 0 Å². The highest BCUT2D eigenvalue weighted by atomic mass is 32.2. The third kappa shape index (κ3) is 5.48. The Kier molecular flexibility index (Phi) is 6.93. The van der Waals surface area contributed by atoms with E-state index in [4.69, 9.17) is 9.15 Å². The SMILES string of the molecule is CSC1CCCC(NCC(O)COCc2ccco2)C1. The summed E-state index contributed by atoms with van der Waals surface area (Å²) in [6.07, 6.45) is 8.40. The van der Waals surface area contributed by atoms with Crippen LogP contribution >= 0.6 is 11.8 Å². The summed E-state index contributed by atoms with van der Waals surface area (Å²) in [7, 11) is 0. The number of aliphatic hydroxyl groups is 1. The Morgan fingerprint density at radius 3 is 3.20 bits per heavy atom. The number of hydrogen-bond donors (Lipinski definition) is 2. The van der Waals surface area contributed by atoms with Crippen LogP contribution in [0.5, 0.6) is 0 Å². The van der Waals surface area contributed by atoms with Crippen molar-refractivity contribution in [2.45, 2.75) is 49.7 Å². The summed E-state index contributed by atoms with van der Waals surface area (Å²) >= 11 is 1.96. The summed E-state index contributed by atoms with van der Waals surface area (Å²) in [6.45, 7) is 1.36. The molecule has 0 aliphatic heterocycles. The molecule has 1 aromatic heterocycles. The molecular formula is C15H25NO3S. The topological polar surface area (TPSA) is 54.6 Å². The first-order chi connectivity index (χ1) is 9.78. The number of thioether (sulfide) groups is 1. The summed E-state index contributed by atoms with van der Waals surface area (Å²) in [5.41, 5.74) is 0. The zero-order chi connectivity index (χ0) is 14.2. The van der Waals surface area contributed by atoms with Crippen molar-refractivity contribution in [3.8, 4) is 0 Å². The van der Waals surface area contributed by atoms with Crippen LogP contribution in [0.1, 0.15) is 31.4 Å². The zero-order valence-corrected chi connectivity index (χ0v) is 12.9. The summed E-state index contributed by atoms with van der Waals surface area (Å²) in [5, 5.41) is 14.1. The second kappa shape index (κ2) is 8.72. The molecule has 0 aromatic carbocycles. The lowest BCUT2D eigenvalue weighted by molar-refractivity contribution is 0.0210. The van der Waals surface area contributed by atoms with Crippen LogP contribution in [-0.4, -0.2) is 41.9 Å². The molecule has 2 N–H and O–H groups in total. The van der Waals surface area contributed by atoms with E-state index in [1.807, 2.05) is 23.9 Å². The van der Waals surface area contributed by atoms with Crippen molar-refractivity contribution in [3.05, 3.63) is 24.2 Å². The molecule has 114 valence electrons. The fourth-order valence-corrected chi connectivity index (χ4v) is 3.42. The van der Waals surface area contributed by atoms with Gasteiger partial charge < -0.3 is 19.6 Å². The van der Waals surface area contributed by atoms with E-state index in [0.717, 1.165) is 11.0 Å². The second-order valence-corrected chi connectivity index (χ2v) is 6.52. The van der Waals surface area contributed by atoms with Crippen LogP contribution in [0.2, 0.25) is 0 Å². The highest BCUT2D eigenvalue weighted by molar-refractivity contribution is 7.99. The van der Waals surface area contributed by atoms with Gasteiger partial charge in [0.15, 0.2) is 0 Å². The van der Waals surface area contributed by atoms with Gasteiger partial charge in [-0.1, -0.05) is 6.42 Å². The van der Waals surface area contributed by atoms with E-state index in [1.165, 1.54) is 25.7 Å². The van der Waals surface area contributed by atoms with Gasteiger partial charge >= 0.3 is 0 Å². The first-order valence-corrected chi connectivity index (χ1v) is 8.61. The third-order valence-electron chi connectivity index (χ3n) is 3.74. The van der Waals surface area contributed by atoms with E-state index >= 15 is 0 Å². The molecule has 1 heterocycles. The molecule has 4 nitrogen and oxygen atoms in total. The van der Waals surface area contributed by atoms with Gasteiger partial charge in [-0.25, -0.2) is 0 Å². The molecule has 1 saturated carbocycles. The van der Waals surface area contributed by atoms with Crippen LogP contribution in [0.3, 0.4) is 0 Å². The predicted octanol–water partition coefficient (Wildman–Crippen LogP) is 2.42. The molecule has 0 radical (unpaired) electrons. The number of hydrogen-bond acceptors (Lipinski definition) is 5. The molecule has 1 fully saturated rings. The minimum atomic E-state index is -0.459. The molecule has 1 aromatic rings. The molecule has 0 spiro atoms. The quantitative estimate of drug-likeness (QED) is 0.772. The molecule has 1 aliphatic rings. The Hall–Kier alpha value is -0.490. The van der Waals surface area contributed by atoms with E-state index in [2.05, 4.69) is 11.6 Å². The summed E-state index contributed by atoms with van der Waals surface area (Å²) in [4.78, 5) is 0. The second-order valence-electron chi connectivity index (χ2n) is 5.38. The van der Waals surface area contributed by atoms with Gasteiger partial charge in [-0.2, -0.15) is 11.8 Å². The lowest BCUT2D eigenvalue weighted by Crippen LogP contribution is -2.40. The number of furan rings is 1. The monoisotopic (exact) mass is 299 g/mol. The molecule has 2 rings (SSSR count). The highest BCUT2D eigenvalue weighted by Gasteiger charge is 2.21.